The number of rotatable bonds is 5. The summed E-state index contributed by atoms with van der Waals surface area (Å²) in [5.41, 5.74) is 5.53. The molecule has 2 atom stereocenters. The first-order chi connectivity index (χ1) is 8.44. The van der Waals surface area contributed by atoms with Gasteiger partial charge in [-0.15, -0.1) is 0 Å². The molecule has 0 saturated heterocycles. The van der Waals surface area contributed by atoms with Crippen LogP contribution in [0.5, 0.6) is 0 Å². The molecular weight excluding hydrogens is 230 g/mol. The molecule has 106 valence electrons. The molecule has 1 rings (SSSR count). The number of hydrogen-bond acceptors (Lipinski definition) is 4. The molecule has 4 nitrogen and oxygen atoms in total. The number of hydrogen-bond donors (Lipinski definition) is 1. The highest BCUT2D eigenvalue weighted by Crippen LogP contribution is 2.30. The van der Waals surface area contributed by atoms with E-state index in [1.165, 1.54) is 6.42 Å². The number of ether oxygens (including phenoxy) is 2. The zero-order valence-corrected chi connectivity index (χ0v) is 11.9. The van der Waals surface area contributed by atoms with Crippen LogP contribution in [0.2, 0.25) is 0 Å². The van der Waals surface area contributed by atoms with Gasteiger partial charge in [0.25, 0.3) is 0 Å². The predicted molar refractivity (Wildman–Crippen MR) is 71.2 cm³/mol. The second-order valence-electron chi connectivity index (χ2n) is 6.02. The van der Waals surface area contributed by atoms with Gasteiger partial charge in [0.1, 0.15) is 6.61 Å². The van der Waals surface area contributed by atoms with Crippen molar-refractivity contribution in [3.05, 3.63) is 0 Å². The van der Waals surface area contributed by atoms with Crippen LogP contribution in [0.25, 0.3) is 0 Å². The van der Waals surface area contributed by atoms with Gasteiger partial charge in [-0.25, -0.2) is 0 Å². The third kappa shape index (κ3) is 5.36. The summed E-state index contributed by atoms with van der Waals surface area (Å²) < 4.78 is 10.8. The van der Waals surface area contributed by atoms with Crippen LogP contribution in [-0.4, -0.2) is 31.3 Å². The van der Waals surface area contributed by atoms with Crippen LogP contribution in [0.1, 0.15) is 46.5 Å². The minimum absolute atomic E-state index is 0.00149. The number of esters is 1. The van der Waals surface area contributed by atoms with Crippen LogP contribution in [0.3, 0.4) is 0 Å². The van der Waals surface area contributed by atoms with Gasteiger partial charge in [-0.1, -0.05) is 12.8 Å². The Kier molecular flexibility index (Phi) is 6.09. The Morgan fingerprint density at radius 1 is 1.22 bits per heavy atom. The Labute approximate surface area is 110 Å². The molecule has 2 N–H and O–H groups in total. The molecule has 0 aromatic rings. The van der Waals surface area contributed by atoms with Crippen molar-refractivity contribution in [3.8, 4) is 0 Å². The molecule has 1 aliphatic carbocycles. The standard InChI is InChI=1S/C14H27NO3/c1-14(2,3)18-9-8-17-13(16)12-7-5-4-6-11(12)10-15/h11-12H,4-10,15H2,1-3H3. The van der Waals surface area contributed by atoms with E-state index in [1.54, 1.807) is 0 Å². The maximum absolute atomic E-state index is 12.0. The average molecular weight is 257 g/mol. The van der Waals surface area contributed by atoms with Gasteiger partial charge in [0.05, 0.1) is 18.1 Å². The van der Waals surface area contributed by atoms with Gasteiger partial charge < -0.3 is 15.2 Å². The summed E-state index contributed by atoms with van der Waals surface area (Å²) in [5, 5.41) is 0. The van der Waals surface area contributed by atoms with Crippen LogP contribution in [0, 0.1) is 11.8 Å². The molecule has 0 heterocycles. The van der Waals surface area contributed by atoms with Crippen molar-refractivity contribution >= 4 is 5.97 Å². The van der Waals surface area contributed by atoms with E-state index < -0.39 is 0 Å². The van der Waals surface area contributed by atoms with Gasteiger partial charge in [-0.2, -0.15) is 0 Å². The van der Waals surface area contributed by atoms with Crippen molar-refractivity contribution < 1.29 is 14.3 Å². The molecule has 0 aromatic carbocycles. The molecule has 0 amide bonds. The summed E-state index contributed by atoms with van der Waals surface area (Å²) in [4.78, 5) is 12.0. The molecule has 18 heavy (non-hydrogen) atoms. The molecule has 1 fully saturated rings. The number of carbonyl (C=O) groups excluding carboxylic acids is 1. The normalized spacial score (nSPS) is 24.9. The lowest BCUT2D eigenvalue weighted by Gasteiger charge is -2.29. The highest BCUT2D eigenvalue weighted by atomic mass is 16.6. The van der Waals surface area contributed by atoms with Crippen LogP contribution in [-0.2, 0) is 14.3 Å². The fraction of sp³-hybridized carbons (Fsp3) is 0.929. The summed E-state index contributed by atoms with van der Waals surface area (Å²) in [5.74, 6) is 0.204. The fourth-order valence-electron chi connectivity index (χ4n) is 2.40. The first-order valence-electron chi connectivity index (χ1n) is 6.94. The van der Waals surface area contributed by atoms with E-state index in [2.05, 4.69) is 0 Å². The Morgan fingerprint density at radius 3 is 2.50 bits per heavy atom. The maximum Gasteiger partial charge on any atom is 0.309 e. The molecule has 0 spiro atoms. The van der Waals surface area contributed by atoms with E-state index in [9.17, 15) is 4.79 Å². The molecule has 0 bridgehead atoms. The van der Waals surface area contributed by atoms with Gasteiger partial charge >= 0.3 is 5.97 Å². The van der Waals surface area contributed by atoms with Gasteiger partial charge in [0, 0.05) is 0 Å². The van der Waals surface area contributed by atoms with Crippen molar-refractivity contribution in [3.63, 3.8) is 0 Å². The molecule has 2 unspecified atom stereocenters. The van der Waals surface area contributed by atoms with Gasteiger partial charge in [0.2, 0.25) is 0 Å². The molecule has 0 radical (unpaired) electrons. The van der Waals surface area contributed by atoms with E-state index in [4.69, 9.17) is 15.2 Å². The lowest BCUT2D eigenvalue weighted by molar-refractivity contribution is -0.154. The first-order valence-corrected chi connectivity index (χ1v) is 6.94. The fourth-order valence-corrected chi connectivity index (χ4v) is 2.40. The molecule has 1 aliphatic rings. The zero-order chi connectivity index (χ0) is 13.6. The number of nitrogens with two attached hydrogens (primary N) is 1. The maximum atomic E-state index is 12.0. The predicted octanol–water partition coefficient (Wildman–Crippen LogP) is 2.11. The van der Waals surface area contributed by atoms with Crippen LogP contribution in [0.15, 0.2) is 0 Å². The van der Waals surface area contributed by atoms with Crippen molar-refractivity contribution in [1.29, 1.82) is 0 Å². The van der Waals surface area contributed by atoms with E-state index >= 15 is 0 Å². The highest BCUT2D eigenvalue weighted by molar-refractivity contribution is 5.72. The summed E-state index contributed by atoms with van der Waals surface area (Å²) in [7, 11) is 0. The van der Waals surface area contributed by atoms with E-state index in [1.807, 2.05) is 20.8 Å². The first kappa shape index (κ1) is 15.4. The van der Waals surface area contributed by atoms with Crippen molar-refractivity contribution in [1.82, 2.24) is 0 Å². The third-order valence-electron chi connectivity index (χ3n) is 3.38. The number of carbonyl (C=O) groups is 1. The lowest BCUT2D eigenvalue weighted by atomic mass is 9.79. The highest BCUT2D eigenvalue weighted by Gasteiger charge is 2.31. The molecular formula is C14H27NO3. The zero-order valence-electron chi connectivity index (χ0n) is 11.9. The minimum atomic E-state index is -0.183. The average Bonchev–Trinajstić information content (AvgIpc) is 2.33. The van der Waals surface area contributed by atoms with E-state index in [0.29, 0.717) is 25.7 Å². The van der Waals surface area contributed by atoms with Gasteiger partial charge in [-0.05, 0) is 46.1 Å². The van der Waals surface area contributed by atoms with E-state index in [0.717, 1.165) is 19.3 Å². The molecule has 0 aromatic heterocycles. The van der Waals surface area contributed by atoms with Crippen molar-refractivity contribution in [2.75, 3.05) is 19.8 Å². The molecule has 1 saturated carbocycles. The van der Waals surface area contributed by atoms with Gasteiger partial charge in [0.15, 0.2) is 0 Å². The summed E-state index contributed by atoms with van der Waals surface area (Å²) in [6.07, 6.45) is 4.25. The lowest BCUT2D eigenvalue weighted by Crippen LogP contribution is -2.34. The smallest absolute Gasteiger partial charge is 0.309 e. The Hall–Kier alpha value is -0.610. The minimum Gasteiger partial charge on any atom is -0.463 e. The Balaban J connectivity index is 2.27. The van der Waals surface area contributed by atoms with Crippen molar-refractivity contribution in [2.24, 2.45) is 17.6 Å². The summed E-state index contributed by atoms with van der Waals surface area (Å²) in [6, 6.07) is 0. The SMILES string of the molecule is CC(C)(C)OCCOC(=O)C1CCCCC1CN. The van der Waals surface area contributed by atoms with Gasteiger partial charge in [-0.3, -0.25) is 4.79 Å². The molecule has 0 aliphatic heterocycles. The quantitative estimate of drug-likeness (QED) is 0.605. The van der Waals surface area contributed by atoms with Crippen LogP contribution < -0.4 is 5.73 Å². The third-order valence-corrected chi connectivity index (χ3v) is 3.38. The summed E-state index contributed by atoms with van der Waals surface area (Å²) >= 11 is 0. The Morgan fingerprint density at radius 2 is 1.89 bits per heavy atom. The van der Waals surface area contributed by atoms with Crippen LogP contribution >= 0.6 is 0 Å². The Bertz CT molecular complexity index is 260. The summed E-state index contributed by atoms with van der Waals surface area (Å²) in [6.45, 7) is 7.33. The molecule has 4 heteroatoms. The van der Waals surface area contributed by atoms with E-state index in [-0.39, 0.29) is 17.5 Å². The second kappa shape index (κ2) is 7.10. The second-order valence-corrected chi connectivity index (χ2v) is 6.02. The topological polar surface area (TPSA) is 61.5 Å². The monoisotopic (exact) mass is 257 g/mol. The largest absolute Gasteiger partial charge is 0.463 e. The van der Waals surface area contributed by atoms with Crippen LogP contribution in [0.4, 0.5) is 0 Å². The van der Waals surface area contributed by atoms with Crippen molar-refractivity contribution in [2.45, 2.75) is 52.1 Å².